The molecule has 20 heavy (non-hydrogen) atoms. The van der Waals surface area contributed by atoms with E-state index in [1.807, 2.05) is 0 Å². The number of ether oxygens (including phenoxy) is 2. The molecule has 0 aliphatic carbocycles. The normalized spacial score (nSPS) is 11.7. The molecule has 0 fully saturated rings. The average molecular weight is 303 g/mol. The van der Waals surface area contributed by atoms with Crippen molar-refractivity contribution >= 4 is 10.0 Å². The van der Waals surface area contributed by atoms with Crippen molar-refractivity contribution < 1.29 is 23.0 Å². The largest absolute Gasteiger partial charge is 0.392 e. The standard InChI is InChI=1S/C13H21NO5S/c1-18-9-10-19-8-4-7-14-20(16,17)13-6-3-2-5-12(13)11-15/h2-3,5-6,14-15H,4,7-11H2,1H3. The van der Waals surface area contributed by atoms with Crippen molar-refractivity contribution in [2.24, 2.45) is 0 Å². The predicted molar refractivity (Wildman–Crippen MR) is 74.9 cm³/mol. The maximum absolute atomic E-state index is 12.1. The fraction of sp³-hybridized carbons (Fsp3) is 0.538. The Bertz CT molecular complexity index is 489. The number of aliphatic hydroxyl groups excluding tert-OH is 1. The number of rotatable bonds is 10. The molecule has 6 nitrogen and oxygen atoms in total. The molecule has 1 rings (SSSR count). The SMILES string of the molecule is COCCOCCCNS(=O)(=O)c1ccccc1CO. The first kappa shape index (κ1) is 17.1. The predicted octanol–water partition coefficient (Wildman–Crippen LogP) is 0.510. The van der Waals surface area contributed by atoms with Crippen LogP contribution < -0.4 is 4.72 Å². The lowest BCUT2D eigenvalue weighted by molar-refractivity contribution is 0.0699. The van der Waals surface area contributed by atoms with Gasteiger partial charge in [0, 0.05) is 20.3 Å². The molecule has 1 aromatic rings. The monoisotopic (exact) mass is 303 g/mol. The molecule has 0 amide bonds. The summed E-state index contributed by atoms with van der Waals surface area (Å²) in [6, 6.07) is 6.38. The van der Waals surface area contributed by atoms with Gasteiger partial charge in [-0.15, -0.1) is 0 Å². The Balaban J connectivity index is 2.42. The van der Waals surface area contributed by atoms with E-state index in [0.717, 1.165) is 0 Å². The number of hydrogen-bond acceptors (Lipinski definition) is 5. The smallest absolute Gasteiger partial charge is 0.240 e. The molecule has 0 radical (unpaired) electrons. The molecule has 0 saturated carbocycles. The van der Waals surface area contributed by atoms with Crippen molar-refractivity contribution in [1.29, 1.82) is 0 Å². The number of aliphatic hydroxyl groups is 1. The summed E-state index contributed by atoms with van der Waals surface area (Å²) in [5.74, 6) is 0. The van der Waals surface area contributed by atoms with Crippen LogP contribution in [-0.4, -0.2) is 47.0 Å². The van der Waals surface area contributed by atoms with Gasteiger partial charge in [-0.3, -0.25) is 0 Å². The Morgan fingerprint density at radius 3 is 2.65 bits per heavy atom. The molecule has 0 aliphatic heterocycles. The van der Waals surface area contributed by atoms with Gasteiger partial charge in [-0.05, 0) is 18.1 Å². The molecule has 7 heteroatoms. The van der Waals surface area contributed by atoms with Crippen LogP contribution in [0.2, 0.25) is 0 Å². The first-order valence-corrected chi connectivity index (χ1v) is 7.85. The second-order valence-electron chi connectivity index (χ2n) is 4.12. The minimum Gasteiger partial charge on any atom is -0.392 e. The fourth-order valence-corrected chi connectivity index (χ4v) is 2.90. The molecule has 0 unspecified atom stereocenters. The van der Waals surface area contributed by atoms with E-state index in [4.69, 9.17) is 14.6 Å². The Kier molecular flexibility index (Phi) is 7.71. The summed E-state index contributed by atoms with van der Waals surface area (Å²) < 4.78 is 36.7. The van der Waals surface area contributed by atoms with Crippen molar-refractivity contribution in [3.63, 3.8) is 0 Å². The van der Waals surface area contributed by atoms with Gasteiger partial charge >= 0.3 is 0 Å². The van der Waals surface area contributed by atoms with Crippen molar-refractivity contribution in [3.8, 4) is 0 Å². The van der Waals surface area contributed by atoms with Crippen LogP contribution >= 0.6 is 0 Å². The van der Waals surface area contributed by atoms with Gasteiger partial charge in [-0.2, -0.15) is 0 Å². The minimum atomic E-state index is -3.59. The summed E-state index contributed by atoms with van der Waals surface area (Å²) >= 11 is 0. The Morgan fingerprint density at radius 2 is 1.95 bits per heavy atom. The van der Waals surface area contributed by atoms with Crippen LogP contribution in [0.1, 0.15) is 12.0 Å². The number of sulfonamides is 1. The van der Waals surface area contributed by atoms with Crippen LogP contribution in [0.4, 0.5) is 0 Å². The highest BCUT2D eigenvalue weighted by Gasteiger charge is 2.16. The van der Waals surface area contributed by atoms with Crippen LogP contribution in [0.15, 0.2) is 29.2 Å². The summed E-state index contributed by atoms with van der Waals surface area (Å²) in [4.78, 5) is 0.114. The van der Waals surface area contributed by atoms with Gasteiger partial charge in [0.1, 0.15) is 0 Å². The van der Waals surface area contributed by atoms with Crippen LogP contribution in [0.5, 0.6) is 0 Å². The summed E-state index contributed by atoms with van der Waals surface area (Å²) in [5, 5.41) is 9.15. The fourth-order valence-electron chi connectivity index (χ4n) is 1.60. The maximum Gasteiger partial charge on any atom is 0.240 e. The summed E-state index contributed by atoms with van der Waals surface area (Å²) in [7, 11) is -2.00. The summed E-state index contributed by atoms with van der Waals surface area (Å²) in [5.41, 5.74) is 0.386. The van der Waals surface area contributed by atoms with Gasteiger partial charge in [-0.25, -0.2) is 13.1 Å². The zero-order chi connectivity index (χ0) is 14.8. The van der Waals surface area contributed by atoms with Gasteiger partial charge in [0.15, 0.2) is 0 Å². The lowest BCUT2D eigenvalue weighted by atomic mass is 10.2. The highest BCUT2D eigenvalue weighted by molar-refractivity contribution is 7.89. The van der Waals surface area contributed by atoms with Crippen molar-refractivity contribution in [2.75, 3.05) is 33.5 Å². The maximum atomic E-state index is 12.1. The topological polar surface area (TPSA) is 84.9 Å². The second-order valence-corrected chi connectivity index (χ2v) is 5.86. The molecule has 0 atom stereocenters. The molecule has 0 aliphatic rings. The summed E-state index contributed by atoms with van der Waals surface area (Å²) in [6.45, 7) is 1.46. The van der Waals surface area contributed by atoms with E-state index in [9.17, 15) is 8.42 Å². The minimum absolute atomic E-state index is 0.114. The highest BCUT2D eigenvalue weighted by atomic mass is 32.2. The third kappa shape index (κ3) is 5.56. The van der Waals surface area contributed by atoms with Crippen LogP contribution in [0, 0.1) is 0 Å². The third-order valence-corrected chi connectivity index (χ3v) is 4.18. The first-order chi connectivity index (χ1) is 9.61. The lowest BCUT2D eigenvalue weighted by Crippen LogP contribution is -2.26. The molecule has 114 valence electrons. The van der Waals surface area contributed by atoms with Gasteiger partial charge in [0.05, 0.1) is 24.7 Å². The highest BCUT2D eigenvalue weighted by Crippen LogP contribution is 2.14. The Labute approximate surface area is 119 Å². The lowest BCUT2D eigenvalue weighted by Gasteiger charge is -2.10. The van der Waals surface area contributed by atoms with E-state index in [-0.39, 0.29) is 18.0 Å². The Morgan fingerprint density at radius 1 is 1.20 bits per heavy atom. The van der Waals surface area contributed by atoms with E-state index in [0.29, 0.717) is 31.8 Å². The molecule has 1 aromatic carbocycles. The van der Waals surface area contributed by atoms with Gasteiger partial charge in [0.2, 0.25) is 10.0 Å². The van der Waals surface area contributed by atoms with Gasteiger partial charge in [0.25, 0.3) is 0 Å². The van der Waals surface area contributed by atoms with Crippen LogP contribution in [0.25, 0.3) is 0 Å². The third-order valence-electron chi connectivity index (χ3n) is 2.62. The Hall–Kier alpha value is -0.990. The number of nitrogens with one attached hydrogen (secondary N) is 1. The van der Waals surface area contributed by atoms with Crippen molar-refractivity contribution in [3.05, 3.63) is 29.8 Å². The molecular formula is C13H21NO5S. The molecule has 0 aromatic heterocycles. The van der Waals surface area contributed by atoms with Gasteiger partial charge < -0.3 is 14.6 Å². The zero-order valence-electron chi connectivity index (χ0n) is 11.5. The van der Waals surface area contributed by atoms with Crippen molar-refractivity contribution in [1.82, 2.24) is 4.72 Å². The number of methoxy groups -OCH3 is 1. The molecule has 0 bridgehead atoms. The van der Waals surface area contributed by atoms with Crippen LogP contribution in [0.3, 0.4) is 0 Å². The molecule has 0 saturated heterocycles. The average Bonchev–Trinajstić information content (AvgIpc) is 2.46. The molecule has 0 spiro atoms. The zero-order valence-corrected chi connectivity index (χ0v) is 12.4. The quantitative estimate of drug-likeness (QED) is 0.615. The van der Waals surface area contributed by atoms with E-state index >= 15 is 0 Å². The van der Waals surface area contributed by atoms with E-state index in [2.05, 4.69) is 4.72 Å². The summed E-state index contributed by atoms with van der Waals surface area (Å²) in [6.07, 6.45) is 0.574. The number of hydrogen-bond donors (Lipinski definition) is 2. The molecular weight excluding hydrogens is 282 g/mol. The molecule has 0 heterocycles. The number of benzene rings is 1. The van der Waals surface area contributed by atoms with E-state index < -0.39 is 10.0 Å². The van der Waals surface area contributed by atoms with E-state index in [1.165, 1.54) is 6.07 Å². The second kappa shape index (κ2) is 9.04. The first-order valence-electron chi connectivity index (χ1n) is 6.37. The molecule has 2 N–H and O–H groups in total. The van der Waals surface area contributed by atoms with Crippen LogP contribution in [-0.2, 0) is 26.1 Å². The van der Waals surface area contributed by atoms with Gasteiger partial charge in [-0.1, -0.05) is 18.2 Å². The van der Waals surface area contributed by atoms with E-state index in [1.54, 1.807) is 25.3 Å². The van der Waals surface area contributed by atoms with Crippen molar-refractivity contribution in [2.45, 2.75) is 17.9 Å².